The third-order valence-electron chi connectivity index (χ3n) is 4.71. The van der Waals surface area contributed by atoms with Gasteiger partial charge in [-0.1, -0.05) is 13.8 Å². The van der Waals surface area contributed by atoms with Crippen LogP contribution in [0.15, 0.2) is 0 Å². The van der Waals surface area contributed by atoms with Crippen LogP contribution in [0, 0.1) is 0 Å². The molecule has 0 radical (unpaired) electrons. The number of hydrogen-bond donors (Lipinski definition) is 0. The lowest BCUT2D eigenvalue weighted by Gasteiger charge is -2.39. The van der Waals surface area contributed by atoms with Crippen molar-refractivity contribution in [3.05, 3.63) is 0 Å². The Morgan fingerprint density at radius 3 is 1.03 bits per heavy atom. The first-order chi connectivity index (χ1) is 14.2. The van der Waals surface area contributed by atoms with E-state index < -0.39 is 17.6 Å². The van der Waals surface area contributed by atoms with E-state index in [0.717, 1.165) is 0 Å². The second-order valence-electron chi connectivity index (χ2n) is 7.03. The molecule has 0 saturated carbocycles. The van der Waals surface area contributed by atoms with Gasteiger partial charge < -0.3 is 31.5 Å². The van der Waals surface area contributed by atoms with Crippen molar-refractivity contribution in [1.82, 2.24) is 4.90 Å². The molecule has 2 atom stereocenters. The zero-order valence-corrected chi connectivity index (χ0v) is 22.6. The zero-order chi connectivity index (χ0) is 23.2. The molecule has 1 amide bonds. The molecule has 0 spiro atoms. The van der Waals surface area contributed by atoms with Crippen LogP contribution in [0.2, 0.25) is 11.1 Å². The van der Waals surface area contributed by atoms with Crippen LogP contribution in [0.3, 0.4) is 0 Å². The first-order valence-corrected chi connectivity index (χ1v) is 14.9. The molecule has 180 valence electrons. The molecule has 30 heavy (non-hydrogen) atoms. The fourth-order valence-corrected chi connectivity index (χ4v) is 9.04. The van der Waals surface area contributed by atoms with Gasteiger partial charge in [-0.25, -0.2) is 0 Å². The van der Waals surface area contributed by atoms with Crippen LogP contribution in [0.4, 0.5) is 0 Å². The molecule has 0 aromatic carbocycles. The highest BCUT2D eigenvalue weighted by molar-refractivity contribution is 6.63. The van der Waals surface area contributed by atoms with E-state index in [-0.39, 0.29) is 17.0 Å². The van der Waals surface area contributed by atoms with Crippen molar-refractivity contribution in [3.63, 3.8) is 0 Å². The summed E-state index contributed by atoms with van der Waals surface area (Å²) in [5.41, 5.74) is -0.147. The molecule has 8 nitrogen and oxygen atoms in total. The van der Waals surface area contributed by atoms with E-state index in [1.54, 1.807) is 6.92 Å². The molecule has 0 heterocycles. The summed E-state index contributed by atoms with van der Waals surface area (Å²) in [6.45, 7) is 21.2. The average molecular weight is 468 g/mol. The highest BCUT2D eigenvalue weighted by atomic mass is 28.4. The molecule has 0 aliphatic rings. The van der Waals surface area contributed by atoms with Gasteiger partial charge in [0.15, 0.2) is 0 Å². The standard InChI is InChI=1S/C20H45NO7Si2/c1-10-23-29(24-11-2,25-12-3)18(7)16-21(20(9)22)17-19(8)30(26-13-4,27-14-5)28-15-6/h18-19H,10-17H2,1-9H3. The number of carbonyl (C=O) groups excluding carboxylic acids is 1. The quantitative estimate of drug-likeness (QED) is 0.284. The molecule has 0 fully saturated rings. The maximum absolute atomic E-state index is 12.5. The fraction of sp³-hybridized carbons (Fsp3) is 0.950. The first kappa shape index (κ1) is 29.7. The second kappa shape index (κ2) is 15.5. The summed E-state index contributed by atoms with van der Waals surface area (Å²) >= 11 is 0. The lowest BCUT2D eigenvalue weighted by Crippen LogP contribution is -2.55. The predicted octanol–water partition coefficient (Wildman–Crippen LogP) is 3.71. The minimum absolute atomic E-state index is 0.0199. The third kappa shape index (κ3) is 8.66. The Morgan fingerprint density at radius 1 is 0.633 bits per heavy atom. The van der Waals surface area contributed by atoms with E-state index >= 15 is 0 Å². The van der Waals surface area contributed by atoms with E-state index in [9.17, 15) is 4.79 Å². The Morgan fingerprint density at radius 2 is 0.867 bits per heavy atom. The number of carbonyl (C=O) groups is 1. The highest BCUT2D eigenvalue weighted by Crippen LogP contribution is 2.30. The van der Waals surface area contributed by atoms with Gasteiger partial charge in [0.25, 0.3) is 0 Å². The number of rotatable bonds is 18. The molecule has 0 aromatic rings. The van der Waals surface area contributed by atoms with Crippen LogP contribution in [-0.4, -0.2) is 81.1 Å². The van der Waals surface area contributed by atoms with Crippen molar-refractivity contribution in [1.29, 1.82) is 0 Å². The number of amides is 1. The molecular formula is C20H45NO7Si2. The maximum Gasteiger partial charge on any atom is 0.505 e. The molecule has 0 aromatic heterocycles. The third-order valence-corrected chi connectivity index (χ3v) is 11.6. The smallest absolute Gasteiger partial charge is 0.374 e. The van der Waals surface area contributed by atoms with Crippen LogP contribution < -0.4 is 0 Å². The summed E-state index contributed by atoms with van der Waals surface area (Å²) in [6.07, 6.45) is 0. The van der Waals surface area contributed by atoms with Gasteiger partial charge >= 0.3 is 17.6 Å². The highest BCUT2D eigenvalue weighted by Gasteiger charge is 2.50. The van der Waals surface area contributed by atoms with Gasteiger partial charge in [0, 0.05) is 70.7 Å². The van der Waals surface area contributed by atoms with E-state index in [1.165, 1.54) is 0 Å². The Labute approximate surface area is 186 Å². The monoisotopic (exact) mass is 467 g/mol. The Balaban J connectivity index is 5.63. The maximum atomic E-state index is 12.5. The summed E-state index contributed by atoms with van der Waals surface area (Å²) in [5.74, 6) is -0.0199. The molecule has 10 heteroatoms. The van der Waals surface area contributed by atoms with Crippen molar-refractivity contribution in [2.75, 3.05) is 52.7 Å². The van der Waals surface area contributed by atoms with E-state index in [4.69, 9.17) is 26.6 Å². The summed E-state index contributed by atoms with van der Waals surface area (Å²) < 4.78 is 36.2. The van der Waals surface area contributed by atoms with Crippen LogP contribution in [0.1, 0.15) is 62.3 Å². The molecule has 0 N–H and O–H groups in total. The summed E-state index contributed by atoms with van der Waals surface area (Å²) in [6, 6.07) is 0. The number of nitrogens with zero attached hydrogens (tertiary/aromatic N) is 1. The van der Waals surface area contributed by atoms with Crippen molar-refractivity contribution in [3.8, 4) is 0 Å². The van der Waals surface area contributed by atoms with Gasteiger partial charge in [-0.15, -0.1) is 0 Å². The van der Waals surface area contributed by atoms with E-state index in [1.807, 2.05) is 60.3 Å². The molecular weight excluding hydrogens is 422 g/mol. The Hall–Kier alpha value is -0.336. The van der Waals surface area contributed by atoms with Crippen LogP contribution >= 0.6 is 0 Å². The lowest BCUT2D eigenvalue weighted by atomic mass is 10.3. The molecule has 0 aliphatic heterocycles. The SMILES string of the molecule is CCO[Si](OCC)(OCC)C(C)CN(CC(C)[Si](OCC)(OCC)OCC)C(C)=O. The summed E-state index contributed by atoms with van der Waals surface area (Å²) in [4.78, 5) is 14.3. The van der Waals surface area contributed by atoms with Crippen molar-refractivity contribution in [2.45, 2.75) is 73.4 Å². The fourth-order valence-electron chi connectivity index (χ4n) is 3.53. The minimum Gasteiger partial charge on any atom is -0.374 e. The largest absolute Gasteiger partial charge is 0.505 e. The molecule has 2 unspecified atom stereocenters. The van der Waals surface area contributed by atoms with Gasteiger partial charge in [-0.2, -0.15) is 0 Å². The second-order valence-corrected chi connectivity index (χ2v) is 13.1. The Bertz CT molecular complexity index is 402. The zero-order valence-electron chi connectivity index (χ0n) is 20.6. The van der Waals surface area contributed by atoms with Crippen LogP contribution in [0.5, 0.6) is 0 Å². The van der Waals surface area contributed by atoms with Crippen molar-refractivity contribution < 1.29 is 31.4 Å². The Kier molecular flexibility index (Phi) is 15.3. The van der Waals surface area contributed by atoms with Gasteiger partial charge in [0.05, 0.1) is 0 Å². The van der Waals surface area contributed by atoms with E-state index in [2.05, 4.69) is 0 Å². The summed E-state index contributed by atoms with van der Waals surface area (Å²) in [5, 5.41) is 0. The van der Waals surface area contributed by atoms with Gasteiger partial charge in [0.2, 0.25) is 5.91 Å². The average Bonchev–Trinajstić information content (AvgIpc) is 2.68. The van der Waals surface area contributed by atoms with Gasteiger partial charge in [0.1, 0.15) is 0 Å². The number of hydrogen-bond acceptors (Lipinski definition) is 7. The first-order valence-electron chi connectivity index (χ1n) is 11.3. The van der Waals surface area contributed by atoms with Crippen molar-refractivity contribution in [2.24, 2.45) is 0 Å². The molecule has 0 aliphatic carbocycles. The molecule has 0 saturated heterocycles. The predicted molar refractivity (Wildman–Crippen MR) is 122 cm³/mol. The normalized spacial score (nSPS) is 14.6. The molecule has 0 rings (SSSR count). The van der Waals surface area contributed by atoms with Gasteiger partial charge in [-0.3, -0.25) is 4.79 Å². The van der Waals surface area contributed by atoms with E-state index in [0.29, 0.717) is 52.7 Å². The topological polar surface area (TPSA) is 75.7 Å². The molecule has 0 bridgehead atoms. The van der Waals surface area contributed by atoms with Crippen LogP contribution in [0.25, 0.3) is 0 Å². The van der Waals surface area contributed by atoms with Crippen molar-refractivity contribution >= 4 is 23.5 Å². The van der Waals surface area contributed by atoms with Crippen LogP contribution in [-0.2, 0) is 31.4 Å². The summed E-state index contributed by atoms with van der Waals surface area (Å²) in [7, 11) is -5.85. The lowest BCUT2D eigenvalue weighted by molar-refractivity contribution is -0.129. The van der Waals surface area contributed by atoms with Gasteiger partial charge in [-0.05, 0) is 41.5 Å². The minimum atomic E-state index is -2.93.